The highest BCUT2D eigenvalue weighted by molar-refractivity contribution is 6.06. The summed E-state index contributed by atoms with van der Waals surface area (Å²) in [6, 6.07) is 11.0. The van der Waals surface area contributed by atoms with Gasteiger partial charge in [-0.2, -0.15) is 0 Å². The molecule has 5 aliphatic rings. The number of aliphatic hydroxyl groups is 1. The highest BCUT2D eigenvalue weighted by atomic mass is 16.5. The second kappa shape index (κ2) is 8.45. The van der Waals surface area contributed by atoms with Gasteiger partial charge in [0.1, 0.15) is 11.7 Å². The smallest absolute Gasteiger partial charge is 0.230 e. The van der Waals surface area contributed by atoms with Crippen molar-refractivity contribution >= 4 is 11.7 Å². The third-order valence-electron chi connectivity index (χ3n) is 9.82. The molecule has 8 nitrogen and oxygen atoms in total. The van der Waals surface area contributed by atoms with Crippen LogP contribution in [0.4, 0.5) is 0 Å². The summed E-state index contributed by atoms with van der Waals surface area (Å²) in [5.41, 5.74) is 0.637. The summed E-state index contributed by atoms with van der Waals surface area (Å²) in [7, 11) is 1.62. The average molecular weight is 519 g/mol. The lowest BCUT2D eigenvalue weighted by Gasteiger charge is -2.63. The van der Waals surface area contributed by atoms with Crippen LogP contribution in [-0.2, 0) is 27.8 Å². The van der Waals surface area contributed by atoms with Crippen LogP contribution in [-0.4, -0.2) is 71.3 Å². The molecule has 2 heterocycles. The Balaban J connectivity index is 1.18. The van der Waals surface area contributed by atoms with E-state index >= 15 is 0 Å². The molecule has 38 heavy (non-hydrogen) atoms. The van der Waals surface area contributed by atoms with E-state index < -0.39 is 23.0 Å². The number of piperidine rings is 1. The van der Waals surface area contributed by atoms with Gasteiger partial charge in [0.05, 0.1) is 18.1 Å². The number of likely N-dealkylation sites (tertiary alicyclic amines) is 1. The van der Waals surface area contributed by atoms with E-state index in [4.69, 9.17) is 9.47 Å². The van der Waals surface area contributed by atoms with Crippen molar-refractivity contribution in [3.8, 4) is 17.2 Å². The minimum atomic E-state index is -1.30. The fourth-order valence-electron chi connectivity index (χ4n) is 7.77. The van der Waals surface area contributed by atoms with Gasteiger partial charge < -0.3 is 25.0 Å². The van der Waals surface area contributed by atoms with Gasteiger partial charge in [0.25, 0.3) is 0 Å². The van der Waals surface area contributed by atoms with Gasteiger partial charge in [0, 0.05) is 24.7 Å². The summed E-state index contributed by atoms with van der Waals surface area (Å²) in [6.45, 7) is 2.08. The van der Waals surface area contributed by atoms with E-state index in [9.17, 15) is 19.8 Å². The number of nitrogens with zero attached hydrogens (tertiary/aromatic N) is 1. The summed E-state index contributed by atoms with van der Waals surface area (Å²) in [6.07, 6.45) is 3.31. The summed E-state index contributed by atoms with van der Waals surface area (Å²) >= 11 is 0. The maximum absolute atomic E-state index is 13.9. The maximum Gasteiger partial charge on any atom is 0.230 e. The Labute approximate surface area is 221 Å². The van der Waals surface area contributed by atoms with Crippen molar-refractivity contribution in [1.29, 1.82) is 0 Å². The first-order valence-corrected chi connectivity index (χ1v) is 13.8. The van der Waals surface area contributed by atoms with E-state index in [1.165, 1.54) is 12.8 Å². The van der Waals surface area contributed by atoms with Crippen molar-refractivity contribution in [3.05, 3.63) is 53.1 Å². The monoisotopic (exact) mass is 518 g/mol. The molecule has 2 aromatic carbocycles. The minimum Gasteiger partial charge on any atom is -0.504 e. The topological polar surface area (TPSA) is 108 Å². The first kappa shape index (κ1) is 24.0. The molecule has 3 aliphatic carbocycles. The number of rotatable bonds is 7. The van der Waals surface area contributed by atoms with Crippen LogP contribution in [0.15, 0.2) is 36.4 Å². The normalized spacial score (nSPS) is 32.9. The number of ether oxygens (including phenoxy) is 2. The van der Waals surface area contributed by atoms with Gasteiger partial charge in [0.15, 0.2) is 23.4 Å². The fourth-order valence-corrected chi connectivity index (χ4v) is 7.77. The average Bonchev–Trinajstić information content (AvgIpc) is 3.66. The number of aromatic hydroxyl groups is 1. The lowest BCUT2D eigenvalue weighted by Crippen LogP contribution is -2.78. The molecule has 1 spiro atoms. The van der Waals surface area contributed by atoms with Crippen LogP contribution in [0, 0.1) is 11.8 Å². The predicted octanol–water partition coefficient (Wildman–Crippen LogP) is 2.12. The predicted molar refractivity (Wildman–Crippen MR) is 138 cm³/mol. The van der Waals surface area contributed by atoms with E-state index in [2.05, 4.69) is 10.2 Å². The minimum absolute atomic E-state index is 0.0120. The summed E-state index contributed by atoms with van der Waals surface area (Å²) in [4.78, 5) is 29.8. The lowest BCUT2D eigenvalue weighted by atomic mass is 9.47. The molecule has 3 N–H and O–H groups in total. The lowest BCUT2D eigenvalue weighted by molar-refractivity contribution is -0.198. The summed E-state index contributed by atoms with van der Waals surface area (Å²) in [5, 5.41) is 26.3. The fraction of sp³-hybridized carbons (Fsp3) is 0.533. The van der Waals surface area contributed by atoms with Crippen molar-refractivity contribution in [1.82, 2.24) is 10.2 Å². The summed E-state index contributed by atoms with van der Waals surface area (Å²) < 4.78 is 11.4. The third kappa shape index (κ3) is 3.29. The maximum atomic E-state index is 13.9. The number of carbonyl (C=O) groups is 2. The molecule has 1 saturated heterocycles. The van der Waals surface area contributed by atoms with Crippen molar-refractivity contribution in [2.24, 2.45) is 11.8 Å². The van der Waals surface area contributed by atoms with Crippen LogP contribution in [0.3, 0.4) is 0 Å². The molecule has 200 valence electrons. The first-order valence-electron chi connectivity index (χ1n) is 13.8. The van der Waals surface area contributed by atoms with Crippen molar-refractivity contribution < 1.29 is 29.3 Å². The number of benzene rings is 2. The third-order valence-corrected chi connectivity index (χ3v) is 9.82. The molecule has 2 aliphatic heterocycles. The first-order chi connectivity index (χ1) is 18.4. The number of carbonyl (C=O) groups excluding carboxylic acids is 2. The molecule has 0 radical (unpaired) electrons. The van der Waals surface area contributed by atoms with Gasteiger partial charge in [-0.1, -0.05) is 18.2 Å². The Morgan fingerprint density at radius 3 is 2.74 bits per heavy atom. The number of ketones is 1. The van der Waals surface area contributed by atoms with Crippen LogP contribution >= 0.6 is 0 Å². The molecule has 2 bridgehead atoms. The molecule has 2 aromatic rings. The molecular weight excluding hydrogens is 484 g/mol. The van der Waals surface area contributed by atoms with Gasteiger partial charge in [-0.05, 0) is 80.3 Å². The van der Waals surface area contributed by atoms with Crippen LogP contribution < -0.4 is 14.8 Å². The van der Waals surface area contributed by atoms with Crippen molar-refractivity contribution in [2.75, 3.05) is 26.7 Å². The standard InChI is InChI=1S/C30H34N2O6/c1-37-20-7-4-17(5-8-20)10-12-31-28(35)21-15-30(36)23-14-19-6-9-22(33)26-24(19)29(30,27(38-26)25(21)34)11-13-32(23)16-18-2-3-18/h4-9,18,21,23,27,33,36H,2-3,10-16H2,1H3,(H,31,35)/t21?,23-,27+,29+,30-/m1/s1. The largest absolute Gasteiger partial charge is 0.504 e. The van der Waals surface area contributed by atoms with Gasteiger partial charge in [-0.3, -0.25) is 14.5 Å². The number of phenols is 1. The van der Waals surface area contributed by atoms with Crippen LogP contribution in [0.2, 0.25) is 0 Å². The molecule has 3 fully saturated rings. The second-order valence-corrected chi connectivity index (χ2v) is 11.8. The highest BCUT2D eigenvalue weighted by Gasteiger charge is 2.75. The molecule has 1 amide bonds. The zero-order valence-electron chi connectivity index (χ0n) is 21.6. The number of amides is 1. The van der Waals surface area contributed by atoms with E-state index in [1.807, 2.05) is 30.3 Å². The Morgan fingerprint density at radius 1 is 1.21 bits per heavy atom. The molecule has 1 unspecified atom stereocenters. The zero-order valence-corrected chi connectivity index (χ0v) is 21.6. The zero-order chi connectivity index (χ0) is 26.2. The molecule has 7 rings (SSSR count). The number of hydrogen-bond acceptors (Lipinski definition) is 7. The molecule has 8 heteroatoms. The van der Waals surface area contributed by atoms with Gasteiger partial charge in [-0.15, -0.1) is 0 Å². The van der Waals surface area contributed by atoms with Crippen molar-refractivity contribution in [2.45, 2.75) is 61.7 Å². The summed E-state index contributed by atoms with van der Waals surface area (Å²) in [5.74, 6) is 0.0598. The number of phenolic OH excluding ortho intramolecular Hbond substituents is 1. The van der Waals surface area contributed by atoms with Gasteiger partial charge >= 0.3 is 0 Å². The van der Waals surface area contributed by atoms with E-state index in [1.54, 1.807) is 13.2 Å². The van der Waals surface area contributed by atoms with Crippen LogP contribution in [0.1, 0.15) is 42.4 Å². The van der Waals surface area contributed by atoms with Gasteiger partial charge in [0.2, 0.25) is 5.91 Å². The number of methoxy groups -OCH3 is 1. The molecule has 0 aromatic heterocycles. The Morgan fingerprint density at radius 2 is 2.00 bits per heavy atom. The quantitative estimate of drug-likeness (QED) is 0.482. The Kier molecular flexibility index (Phi) is 5.33. The SMILES string of the molecule is COc1ccc(CCNC(=O)C2C[C@@]3(O)[C@H]4Cc5ccc(O)c6c5[C@@]3(CCN4CC3CC3)[C@@H](O6)C2=O)cc1. The Hall–Kier alpha value is -3.10. The van der Waals surface area contributed by atoms with Gasteiger partial charge in [-0.25, -0.2) is 0 Å². The van der Waals surface area contributed by atoms with E-state index in [0.29, 0.717) is 37.5 Å². The van der Waals surface area contributed by atoms with Crippen LogP contribution in [0.25, 0.3) is 0 Å². The number of Topliss-reactive ketones (excluding diaryl/α,β-unsaturated/α-hetero) is 1. The molecule has 5 atom stereocenters. The van der Waals surface area contributed by atoms with E-state index in [0.717, 1.165) is 35.5 Å². The molecule has 2 saturated carbocycles. The van der Waals surface area contributed by atoms with Crippen LogP contribution in [0.5, 0.6) is 17.2 Å². The Bertz CT molecular complexity index is 1310. The second-order valence-electron chi connectivity index (χ2n) is 11.8. The highest BCUT2D eigenvalue weighted by Crippen LogP contribution is 2.65. The molecular formula is C30H34N2O6. The number of hydrogen-bond donors (Lipinski definition) is 3. The van der Waals surface area contributed by atoms with Crippen molar-refractivity contribution in [3.63, 3.8) is 0 Å². The van der Waals surface area contributed by atoms with E-state index in [-0.39, 0.29) is 29.9 Å². The number of nitrogens with one attached hydrogen (secondary N) is 1.